The fourth-order valence-corrected chi connectivity index (χ4v) is 3.43. The number of hydrogen-bond donors (Lipinski definition) is 1. The van der Waals surface area contributed by atoms with Crippen LogP contribution >= 0.6 is 0 Å². The van der Waals surface area contributed by atoms with Crippen molar-refractivity contribution in [2.75, 3.05) is 0 Å². The first kappa shape index (κ1) is 19.7. The Morgan fingerprint density at radius 3 is 2.33 bits per heavy atom. The number of rotatable bonds is 5. The minimum Gasteiger partial charge on any atom is -0.435 e. The predicted octanol–water partition coefficient (Wildman–Crippen LogP) is 3.51. The number of imide groups is 1. The second kappa shape index (κ2) is 7.33. The SMILES string of the molecule is Cc1nc2ccccc2nc1CN1C(=O)NC(C)(c2ccc(OC(F)F)cc2)C1=O. The quantitative estimate of drug-likeness (QED) is 0.649. The molecule has 1 fully saturated rings. The molecule has 1 N–H and O–H groups in total. The summed E-state index contributed by atoms with van der Waals surface area (Å²) in [7, 11) is 0. The van der Waals surface area contributed by atoms with E-state index in [0.29, 0.717) is 22.5 Å². The van der Waals surface area contributed by atoms with Crippen LogP contribution in [0.2, 0.25) is 0 Å². The van der Waals surface area contributed by atoms with Crippen LogP contribution in [0.4, 0.5) is 13.6 Å². The Bertz CT molecular complexity index is 1140. The van der Waals surface area contributed by atoms with Crippen LogP contribution in [-0.2, 0) is 16.9 Å². The molecule has 1 unspecified atom stereocenters. The molecule has 1 aliphatic rings. The molecule has 0 bridgehead atoms. The smallest absolute Gasteiger partial charge is 0.387 e. The van der Waals surface area contributed by atoms with Crippen molar-refractivity contribution in [1.82, 2.24) is 20.2 Å². The van der Waals surface area contributed by atoms with Crippen molar-refractivity contribution in [2.45, 2.75) is 32.5 Å². The number of carbonyl (C=O) groups excluding carboxylic acids is 2. The maximum Gasteiger partial charge on any atom is 0.387 e. The summed E-state index contributed by atoms with van der Waals surface area (Å²) in [4.78, 5) is 35.8. The summed E-state index contributed by atoms with van der Waals surface area (Å²) in [5.74, 6) is -0.502. The molecule has 30 heavy (non-hydrogen) atoms. The van der Waals surface area contributed by atoms with E-state index in [1.165, 1.54) is 24.3 Å². The van der Waals surface area contributed by atoms with Crippen molar-refractivity contribution in [3.05, 3.63) is 65.5 Å². The highest BCUT2D eigenvalue weighted by atomic mass is 19.3. The Morgan fingerprint density at radius 1 is 1.07 bits per heavy atom. The first-order valence-electron chi connectivity index (χ1n) is 9.19. The Labute approximate surface area is 170 Å². The maximum atomic E-state index is 13.1. The normalized spacial score (nSPS) is 18.9. The van der Waals surface area contributed by atoms with E-state index in [4.69, 9.17) is 0 Å². The zero-order chi connectivity index (χ0) is 21.5. The van der Waals surface area contributed by atoms with Crippen LogP contribution in [0.25, 0.3) is 11.0 Å². The summed E-state index contributed by atoms with van der Waals surface area (Å²) >= 11 is 0. The standard InChI is InChI=1S/C21H18F2N4O3/c1-12-17(25-16-6-4-3-5-15(16)24-12)11-27-18(28)21(2,26-20(27)29)13-7-9-14(10-8-13)30-19(22)23/h3-10,19H,11H2,1-2H3,(H,26,29). The Kier molecular flexibility index (Phi) is 4.81. The van der Waals surface area contributed by atoms with E-state index < -0.39 is 24.1 Å². The topological polar surface area (TPSA) is 84.4 Å². The van der Waals surface area contributed by atoms with Gasteiger partial charge in [-0.2, -0.15) is 8.78 Å². The van der Waals surface area contributed by atoms with E-state index in [2.05, 4.69) is 20.0 Å². The van der Waals surface area contributed by atoms with Crippen molar-refractivity contribution < 1.29 is 23.1 Å². The molecular weight excluding hydrogens is 394 g/mol. The molecule has 9 heteroatoms. The average Bonchev–Trinajstić information content (AvgIpc) is 2.92. The van der Waals surface area contributed by atoms with Crippen LogP contribution in [0.3, 0.4) is 0 Å². The lowest BCUT2D eigenvalue weighted by Gasteiger charge is -2.22. The van der Waals surface area contributed by atoms with Crippen molar-refractivity contribution in [1.29, 1.82) is 0 Å². The lowest BCUT2D eigenvalue weighted by molar-refractivity contribution is -0.131. The molecule has 3 amide bonds. The average molecular weight is 412 g/mol. The van der Waals surface area contributed by atoms with E-state index in [1.807, 2.05) is 24.3 Å². The number of benzene rings is 2. The number of nitrogens with one attached hydrogen (secondary N) is 1. The molecular formula is C21H18F2N4O3. The number of alkyl halides is 2. The summed E-state index contributed by atoms with van der Waals surface area (Å²) in [6, 6.07) is 12.4. The van der Waals surface area contributed by atoms with E-state index in [9.17, 15) is 18.4 Å². The summed E-state index contributed by atoms with van der Waals surface area (Å²) in [5, 5.41) is 2.68. The first-order valence-corrected chi connectivity index (χ1v) is 9.19. The highest BCUT2D eigenvalue weighted by Gasteiger charge is 2.49. The second-order valence-corrected chi connectivity index (χ2v) is 7.09. The molecule has 0 saturated carbocycles. The van der Waals surface area contributed by atoms with Gasteiger partial charge in [-0.25, -0.2) is 14.8 Å². The highest BCUT2D eigenvalue weighted by molar-refractivity contribution is 6.07. The lowest BCUT2D eigenvalue weighted by Crippen LogP contribution is -2.40. The van der Waals surface area contributed by atoms with Crippen LogP contribution in [-0.4, -0.2) is 33.4 Å². The molecule has 7 nitrogen and oxygen atoms in total. The van der Waals surface area contributed by atoms with Crippen molar-refractivity contribution in [3.8, 4) is 5.75 Å². The fraction of sp³-hybridized carbons (Fsp3) is 0.238. The van der Waals surface area contributed by atoms with E-state index in [0.717, 1.165) is 10.4 Å². The van der Waals surface area contributed by atoms with Crippen LogP contribution in [0.1, 0.15) is 23.9 Å². The van der Waals surface area contributed by atoms with Gasteiger partial charge < -0.3 is 10.1 Å². The summed E-state index contributed by atoms with van der Waals surface area (Å²) in [6.07, 6.45) is 0. The number of carbonyl (C=O) groups is 2. The van der Waals surface area contributed by atoms with Crippen molar-refractivity contribution >= 4 is 23.0 Å². The van der Waals surface area contributed by atoms with Crippen LogP contribution < -0.4 is 10.1 Å². The molecule has 4 rings (SSSR count). The van der Waals surface area contributed by atoms with E-state index in [-0.39, 0.29) is 12.3 Å². The van der Waals surface area contributed by atoms with Gasteiger partial charge in [0.15, 0.2) is 0 Å². The molecule has 1 atom stereocenters. The molecule has 3 aromatic rings. The van der Waals surface area contributed by atoms with Gasteiger partial charge in [-0.1, -0.05) is 24.3 Å². The number of halogens is 2. The van der Waals surface area contributed by atoms with Gasteiger partial charge in [0.05, 0.1) is 29.0 Å². The third-order valence-corrected chi connectivity index (χ3v) is 5.08. The molecule has 0 radical (unpaired) electrons. The minimum absolute atomic E-state index is 0.0312. The fourth-order valence-electron chi connectivity index (χ4n) is 3.43. The lowest BCUT2D eigenvalue weighted by atomic mass is 9.92. The Balaban J connectivity index is 1.60. The van der Waals surface area contributed by atoms with Gasteiger partial charge in [-0.3, -0.25) is 9.69 Å². The second-order valence-electron chi connectivity index (χ2n) is 7.09. The molecule has 0 aliphatic carbocycles. The van der Waals surface area contributed by atoms with Gasteiger partial charge in [0, 0.05) is 0 Å². The third kappa shape index (κ3) is 3.42. The molecule has 1 aliphatic heterocycles. The van der Waals surface area contributed by atoms with Crippen molar-refractivity contribution in [3.63, 3.8) is 0 Å². The van der Waals surface area contributed by atoms with Gasteiger partial charge in [-0.15, -0.1) is 0 Å². The van der Waals surface area contributed by atoms with Crippen LogP contribution in [0, 0.1) is 6.92 Å². The van der Waals surface area contributed by atoms with Gasteiger partial charge in [0.2, 0.25) is 0 Å². The third-order valence-electron chi connectivity index (χ3n) is 5.08. The number of nitrogens with zero attached hydrogens (tertiary/aromatic N) is 3. The number of fused-ring (bicyclic) bond motifs is 1. The molecule has 2 heterocycles. The van der Waals surface area contributed by atoms with E-state index in [1.54, 1.807) is 13.8 Å². The number of urea groups is 1. The summed E-state index contributed by atoms with van der Waals surface area (Å²) in [5.41, 5.74) is 1.65. The molecule has 1 saturated heterocycles. The molecule has 2 aromatic carbocycles. The Hall–Kier alpha value is -3.62. The number of aryl methyl sites for hydroxylation is 1. The zero-order valence-electron chi connectivity index (χ0n) is 16.2. The highest BCUT2D eigenvalue weighted by Crippen LogP contribution is 2.31. The van der Waals surface area contributed by atoms with Crippen molar-refractivity contribution in [2.24, 2.45) is 0 Å². The van der Waals surface area contributed by atoms with Gasteiger partial charge in [0.25, 0.3) is 5.91 Å². The van der Waals surface area contributed by atoms with Crippen LogP contribution in [0.5, 0.6) is 5.75 Å². The zero-order valence-corrected chi connectivity index (χ0v) is 16.2. The number of amides is 3. The number of aromatic nitrogens is 2. The predicted molar refractivity (Wildman–Crippen MR) is 104 cm³/mol. The number of para-hydroxylation sites is 2. The Morgan fingerprint density at radius 2 is 1.70 bits per heavy atom. The van der Waals surface area contributed by atoms with E-state index >= 15 is 0 Å². The number of hydrogen-bond acceptors (Lipinski definition) is 5. The monoisotopic (exact) mass is 412 g/mol. The number of ether oxygens (including phenoxy) is 1. The summed E-state index contributed by atoms with van der Waals surface area (Å²) < 4.78 is 29.0. The van der Waals surface area contributed by atoms with Gasteiger partial charge in [0.1, 0.15) is 11.3 Å². The molecule has 1 aromatic heterocycles. The molecule has 0 spiro atoms. The first-order chi connectivity index (χ1) is 14.3. The van der Waals surface area contributed by atoms with Gasteiger partial charge >= 0.3 is 12.6 Å². The van der Waals surface area contributed by atoms with Gasteiger partial charge in [-0.05, 0) is 43.7 Å². The maximum absolute atomic E-state index is 13.1. The van der Waals surface area contributed by atoms with Crippen LogP contribution in [0.15, 0.2) is 48.5 Å². The molecule has 154 valence electrons. The largest absolute Gasteiger partial charge is 0.435 e. The minimum atomic E-state index is -2.94. The summed E-state index contributed by atoms with van der Waals surface area (Å²) in [6.45, 7) is 0.362.